The predicted octanol–water partition coefficient (Wildman–Crippen LogP) is 1.22. The third-order valence-corrected chi connectivity index (χ3v) is 2.39. The molecule has 74 valence electrons. The van der Waals surface area contributed by atoms with Gasteiger partial charge in [0.1, 0.15) is 5.38 Å². The SMILES string of the molecule is COC([Si]O)=C(OC)c1ccccc1. The summed E-state index contributed by atoms with van der Waals surface area (Å²) in [6, 6.07) is 9.53. The zero-order chi connectivity index (χ0) is 10.4. The number of hydrogen-bond acceptors (Lipinski definition) is 3. The van der Waals surface area contributed by atoms with E-state index in [-0.39, 0.29) is 0 Å². The molecule has 0 aliphatic rings. The molecule has 1 aromatic carbocycles. The van der Waals surface area contributed by atoms with E-state index >= 15 is 0 Å². The van der Waals surface area contributed by atoms with Crippen molar-refractivity contribution in [1.29, 1.82) is 0 Å². The first kappa shape index (κ1) is 10.8. The van der Waals surface area contributed by atoms with Crippen LogP contribution in [0.5, 0.6) is 0 Å². The lowest BCUT2D eigenvalue weighted by Gasteiger charge is -2.10. The van der Waals surface area contributed by atoms with E-state index < -0.39 is 9.76 Å². The van der Waals surface area contributed by atoms with Gasteiger partial charge < -0.3 is 14.3 Å². The molecule has 0 atom stereocenters. The van der Waals surface area contributed by atoms with Crippen LogP contribution >= 0.6 is 0 Å². The topological polar surface area (TPSA) is 38.7 Å². The van der Waals surface area contributed by atoms with E-state index in [0.717, 1.165) is 5.56 Å². The summed E-state index contributed by atoms with van der Waals surface area (Å²) in [7, 11) is 2.67. The summed E-state index contributed by atoms with van der Waals surface area (Å²) < 4.78 is 10.2. The third kappa shape index (κ3) is 2.37. The van der Waals surface area contributed by atoms with Crippen molar-refractivity contribution < 1.29 is 14.3 Å². The van der Waals surface area contributed by atoms with Crippen molar-refractivity contribution in [2.75, 3.05) is 14.2 Å². The first-order chi connectivity index (χ1) is 6.83. The quantitative estimate of drug-likeness (QED) is 0.597. The Morgan fingerprint density at radius 3 is 2.21 bits per heavy atom. The minimum absolute atomic E-state index is 0.406. The van der Waals surface area contributed by atoms with Crippen molar-refractivity contribution >= 4 is 15.5 Å². The van der Waals surface area contributed by atoms with Gasteiger partial charge in [-0.1, -0.05) is 30.3 Å². The molecule has 3 nitrogen and oxygen atoms in total. The maximum absolute atomic E-state index is 9.05. The molecule has 4 heteroatoms. The Morgan fingerprint density at radius 1 is 1.14 bits per heavy atom. The lowest BCUT2D eigenvalue weighted by molar-refractivity contribution is 0.283. The molecular formula is C10H12O3Si. The van der Waals surface area contributed by atoms with Crippen LogP contribution in [0.2, 0.25) is 0 Å². The maximum Gasteiger partial charge on any atom is 0.316 e. The highest BCUT2D eigenvalue weighted by Gasteiger charge is 2.10. The standard InChI is InChI=1S/C10H12O3Si/c1-12-9(10(13-2)14-11)8-6-4-3-5-7-8/h3-7,11H,1-2H3. The Morgan fingerprint density at radius 2 is 1.79 bits per heavy atom. The Labute approximate surface area is 85.9 Å². The van der Waals surface area contributed by atoms with Gasteiger partial charge in [0.2, 0.25) is 0 Å². The number of methoxy groups -OCH3 is 2. The Hall–Kier alpha value is -1.26. The van der Waals surface area contributed by atoms with Gasteiger partial charge in [-0.2, -0.15) is 0 Å². The van der Waals surface area contributed by atoms with E-state index in [4.69, 9.17) is 14.3 Å². The molecule has 0 unspecified atom stereocenters. The molecule has 0 aliphatic heterocycles. The van der Waals surface area contributed by atoms with Crippen molar-refractivity contribution in [2.24, 2.45) is 0 Å². The second kappa shape index (κ2) is 5.46. The molecule has 0 heterocycles. The highest BCUT2D eigenvalue weighted by Crippen LogP contribution is 2.18. The number of hydrogen-bond donors (Lipinski definition) is 1. The van der Waals surface area contributed by atoms with Crippen LogP contribution in [0.15, 0.2) is 35.7 Å². The second-order valence-corrected chi connectivity index (χ2v) is 3.22. The molecule has 0 bridgehead atoms. The maximum atomic E-state index is 9.05. The van der Waals surface area contributed by atoms with Crippen LogP contribution in [0.25, 0.3) is 5.76 Å². The minimum Gasteiger partial charge on any atom is -0.500 e. The summed E-state index contributed by atoms with van der Waals surface area (Å²) in [4.78, 5) is 9.05. The number of benzene rings is 1. The summed E-state index contributed by atoms with van der Waals surface area (Å²) in [5.74, 6) is 0.578. The fourth-order valence-electron chi connectivity index (χ4n) is 1.12. The fraction of sp³-hybridized carbons (Fsp3) is 0.200. The van der Waals surface area contributed by atoms with Gasteiger partial charge in [0.15, 0.2) is 5.76 Å². The number of rotatable bonds is 4. The van der Waals surface area contributed by atoms with Crippen molar-refractivity contribution in [3.8, 4) is 0 Å². The molecule has 0 amide bonds. The van der Waals surface area contributed by atoms with E-state index in [0.29, 0.717) is 11.1 Å². The molecule has 0 aliphatic carbocycles. The van der Waals surface area contributed by atoms with Gasteiger partial charge in [0, 0.05) is 5.56 Å². The van der Waals surface area contributed by atoms with Crippen LogP contribution < -0.4 is 0 Å². The zero-order valence-electron chi connectivity index (χ0n) is 8.15. The van der Waals surface area contributed by atoms with E-state index in [1.165, 1.54) is 7.11 Å². The molecule has 0 fully saturated rings. The molecule has 14 heavy (non-hydrogen) atoms. The van der Waals surface area contributed by atoms with Crippen molar-refractivity contribution in [1.82, 2.24) is 0 Å². The first-order valence-corrected chi connectivity index (χ1v) is 5.06. The molecule has 0 spiro atoms. The second-order valence-electron chi connectivity index (χ2n) is 2.54. The summed E-state index contributed by atoms with van der Waals surface area (Å²) >= 11 is 0. The van der Waals surface area contributed by atoms with Gasteiger partial charge >= 0.3 is 9.76 Å². The van der Waals surface area contributed by atoms with Crippen LogP contribution in [-0.4, -0.2) is 28.8 Å². The average Bonchev–Trinajstić information content (AvgIpc) is 2.27. The molecule has 0 saturated heterocycles. The van der Waals surface area contributed by atoms with Crippen LogP contribution in [0.3, 0.4) is 0 Å². The molecule has 0 aromatic heterocycles. The van der Waals surface area contributed by atoms with Crippen molar-refractivity contribution in [3.05, 3.63) is 41.3 Å². The lowest BCUT2D eigenvalue weighted by Crippen LogP contribution is -2.03. The van der Waals surface area contributed by atoms with Gasteiger partial charge in [-0.3, -0.25) is 0 Å². The highest BCUT2D eigenvalue weighted by molar-refractivity contribution is 6.37. The van der Waals surface area contributed by atoms with Gasteiger partial charge in [0.25, 0.3) is 0 Å². The van der Waals surface area contributed by atoms with Crippen LogP contribution in [0, 0.1) is 0 Å². The van der Waals surface area contributed by atoms with Gasteiger partial charge in [-0.05, 0) is 0 Å². The van der Waals surface area contributed by atoms with Gasteiger partial charge in [0.05, 0.1) is 14.2 Å². The zero-order valence-corrected chi connectivity index (χ0v) is 9.15. The van der Waals surface area contributed by atoms with E-state index in [1.54, 1.807) is 7.11 Å². The van der Waals surface area contributed by atoms with E-state index in [1.807, 2.05) is 30.3 Å². The molecule has 1 aromatic rings. The predicted molar refractivity (Wildman–Crippen MR) is 55.4 cm³/mol. The minimum atomic E-state index is -0.406. The third-order valence-electron chi connectivity index (χ3n) is 1.75. The molecule has 2 radical (unpaired) electrons. The summed E-state index contributed by atoms with van der Waals surface area (Å²) in [6.45, 7) is 0. The molecule has 1 N–H and O–H groups in total. The van der Waals surface area contributed by atoms with Gasteiger partial charge in [-0.25, -0.2) is 0 Å². The Balaban J connectivity index is 3.09. The lowest BCUT2D eigenvalue weighted by atomic mass is 10.2. The van der Waals surface area contributed by atoms with Crippen LogP contribution in [-0.2, 0) is 9.47 Å². The largest absolute Gasteiger partial charge is 0.500 e. The van der Waals surface area contributed by atoms with Crippen molar-refractivity contribution in [3.63, 3.8) is 0 Å². The smallest absolute Gasteiger partial charge is 0.316 e. The summed E-state index contributed by atoms with van der Waals surface area (Å²) in [5, 5.41) is 0.457. The normalized spacial score (nSPS) is 11.9. The number of ether oxygens (including phenoxy) is 2. The summed E-state index contributed by atoms with van der Waals surface area (Å²) in [5.41, 5.74) is 0.897. The van der Waals surface area contributed by atoms with Crippen molar-refractivity contribution in [2.45, 2.75) is 0 Å². The van der Waals surface area contributed by atoms with Crippen LogP contribution in [0.4, 0.5) is 0 Å². The summed E-state index contributed by atoms with van der Waals surface area (Å²) in [6.07, 6.45) is 0. The molecule has 1 rings (SSSR count). The monoisotopic (exact) mass is 208 g/mol. The van der Waals surface area contributed by atoms with E-state index in [2.05, 4.69) is 0 Å². The average molecular weight is 208 g/mol. The van der Waals surface area contributed by atoms with Gasteiger partial charge in [-0.15, -0.1) is 0 Å². The molecular weight excluding hydrogens is 196 g/mol. The van der Waals surface area contributed by atoms with Crippen LogP contribution in [0.1, 0.15) is 5.56 Å². The Kier molecular flexibility index (Phi) is 4.22. The first-order valence-electron chi connectivity index (χ1n) is 4.11. The Bertz CT molecular complexity index is 302. The fourth-order valence-corrected chi connectivity index (χ4v) is 1.56. The molecule has 0 saturated carbocycles. The highest BCUT2D eigenvalue weighted by atomic mass is 28.2. The van der Waals surface area contributed by atoms with E-state index in [9.17, 15) is 0 Å².